The molecule has 2 heterocycles. The van der Waals surface area contributed by atoms with E-state index in [0.29, 0.717) is 19.6 Å². The van der Waals surface area contributed by atoms with Gasteiger partial charge in [0, 0.05) is 5.92 Å². The SMILES string of the molecule is CC(C)(C)OC(=O)N1C(C(=O)O)C[C@@H]2COC[C@@H]21. The van der Waals surface area contributed by atoms with Gasteiger partial charge in [-0.2, -0.15) is 0 Å². The number of amides is 1. The van der Waals surface area contributed by atoms with Crippen molar-refractivity contribution < 1.29 is 24.2 Å². The topological polar surface area (TPSA) is 76.1 Å². The molecule has 0 saturated carbocycles. The molecule has 102 valence electrons. The van der Waals surface area contributed by atoms with Gasteiger partial charge in [-0.25, -0.2) is 9.59 Å². The molecular weight excluding hydrogens is 238 g/mol. The third kappa shape index (κ3) is 2.43. The zero-order valence-corrected chi connectivity index (χ0v) is 10.9. The van der Waals surface area contributed by atoms with Crippen molar-refractivity contribution in [2.45, 2.75) is 44.9 Å². The van der Waals surface area contributed by atoms with Crippen molar-refractivity contribution in [2.24, 2.45) is 5.92 Å². The summed E-state index contributed by atoms with van der Waals surface area (Å²) in [4.78, 5) is 24.7. The van der Waals surface area contributed by atoms with E-state index in [0.717, 1.165) is 0 Å². The second-order valence-electron chi connectivity index (χ2n) is 5.84. The number of likely N-dealkylation sites (tertiary alicyclic amines) is 1. The maximum Gasteiger partial charge on any atom is 0.411 e. The summed E-state index contributed by atoms with van der Waals surface area (Å²) in [5.41, 5.74) is -0.627. The van der Waals surface area contributed by atoms with Crippen LogP contribution in [0.3, 0.4) is 0 Å². The monoisotopic (exact) mass is 257 g/mol. The number of ether oxygens (including phenoxy) is 2. The molecule has 0 radical (unpaired) electrons. The van der Waals surface area contributed by atoms with E-state index in [4.69, 9.17) is 9.47 Å². The number of carbonyl (C=O) groups is 2. The molecule has 1 N–H and O–H groups in total. The summed E-state index contributed by atoms with van der Waals surface area (Å²) in [6, 6.07) is -0.959. The Kier molecular flexibility index (Phi) is 3.23. The molecule has 18 heavy (non-hydrogen) atoms. The minimum atomic E-state index is -0.977. The largest absolute Gasteiger partial charge is 0.480 e. The van der Waals surface area contributed by atoms with Crippen LogP contribution in [0.5, 0.6) is 0 Å². The summed E-state index contributed by atoms with van der Waals surface area (Å²) >= 11 is 0. The molecule has 2 rings (SSSR count). The number of aliphatic carboxylic acids is 1. The van der Waals surface area contributed by atoms with E-state index in [9.17, 15) is 14.7 Å². The van der Waals surface area contributed by atoms with E-state index in [-0.39, 0.29) is 12.0 Å². The summed E-state index contributed by atoms with van der Waals surface area (Å²) in [5.74, 6) is -0.867. The first kappa shape index (κ1) is 13.1. The Morgan fingerprint density at radius 3 is 2.56 bits per heavy atom. The minimum Gasteiger partial charge on any atom is -0.480 e. The average molecular weight is 257 g/mol. The highest BCUT2D eigenvalue weighted by atomic mass is 16.6. The van der Waals surface area contributed by atoms with Crippen LogP contribution in [-0.4, -0.2) is 53.0 Å². The Balaban J connectivity index is 2.16. The molecular formula is C12H19NO5. The van der Waals surface area contributed by atoms with Gasteiger partial charge < -0.3 is 14.6 Å². The Hall–Kier alpha value is -1.30. The summed E-state index contributed by atoms with van der Waals surface area (Å²) < 4.78 is 10.6. The summed E-state index contributed by atoms with van der Waals surface area (Å²) in [6.45, 7) is 6.21. The third-order valence-corrected chi connectivity index (χ3v) is 3.27. The zero-order valence-electron chi connectivity index (χ0n) is 10.9. The zero-order chi connectivity index (χ0) is 13.5. The van der Waals surface area contributed by atoms with Gasteiger partial charge in [0.2, 0.25) is 0 Å². The first-order valence-electron chi connectivity index (χ1n) is 6.11. The van der Waals surface area contributed by atoms with E-state index in [2.05, 4.69) is 0 Å². The number of fused-ring (bicyclic) bond motifs is 1. The van der Waals surface area contributed by atoms with E-state index in [1.807, 2.05) is 0 Å². The first-order chi connectivity index (χ1) is 8.29. The van der Waals surface area contributed by atoms with Crippen molar-refractivity contribution in [1.29, 1.82) is 0 Å². The Bertz CT molecular complexity index is 362. The van der Waals surface area contributed by atoms with Crippen LogP contribution in [0.2, 0.25) is 0 Å². The summed E-state index contributed by atoms with van der Waals surface area (Å²) in [6.07, 6.45) is -0.118. The van der Waals surface area contributed by atoms with Gasteiger partial charge in [-0.1, -0.05) is 0 Å². The predicted octanol–water partition coefficient (Wildman–Crippen LogP) is 1.10. The van der Waals surface area contributed by atoms with Crippen LogP contribution in [0.15, 0.2) is 0 Å². The smallest absolute Gasteiger partial charge is 0.411 e. The van der Waals surface area contributed by atoms with Crippen molar-refractivity contribution >= 4 is 12.1 Å². The van der Waals surface area contributed by atoms with Gasteiger partial charge in [0.1, 0.15) is 11.6 Å². The van der Waals surface area contributed by atoms with Crippen LogP contribution in [0, 0.1) is 5.92 Å². The van der Waals surface area contributed by atoms with Crippen molar-refractivity contribution in [3.05, 3.63) is 0 Å². The van der Waals surface area contributed by atoms with E-state index in [1.165, 1.54) is 4.90 Å². The van der Waals surface area contributed by atoms with E-state index in [1.54, 1.807) is 20.8 Å². The molecule has 0 spiro atoms. The van der Waals surface area contributed by atoms with Crippen LogP contribution in [0.1, 0.15) is 27.2 Å². The number of hydrogen-bond donors (Lipinski definition) is 1. The van der Waals surface area contributed by atoms with Crippen molar-refractivity contribution in [1.82, 2.24) is 4.90 Å². The second-order valence-corrected chi connectivity index (χ2v) is 5.84. The Labute approximate surface area is 106 Å². The fourth-order valence-corrected chi connectivity index (χ4v) is 2.55. The van der Waals surface area contributed by atoms with E-state index < -0.39 is 23.7 Å². The van der Waals surface area contributed by atoms with Crippen molar-refractivity contribution in [2.75, 3.05) is 13.2 Å². The number of carboxylic acid groups (broad SMARTS) is 1. The molecule has 2 saturated heterocycles. The number of rotatable bonds is 1. The van der Waals surface area contributed by atoms with Crippen LogP contribution in [0.4, 0.5) is 4.79 Å². The van der Waals surface area contributed by atoms with Crippen LogP contribution < -0.4 is 0 Å². The van der Waals surface area contributed by atoms with Crippen LogP contribution >= 0.6 is 0 Å². The standard InChI is InChI=1S/C12H19NO5/c1-12(2,3)18-11(16)13-8(10(14)15)4-7-5-17-6-9(7)13/h7-9H,4-6H2,1-3H3,(H,14,15)/t7-,8?,9+/m1/s1. The number of hydrogen-bond acceptors (Lipinski definition) is 4. The van der Waals surface area contributed by atoms with E-state index >= 15 is 0 Å². The third-order valence-electron chi connectivity index (χ3n) is 3.27. The van der Waals surface area contributed by atoms with Crippen LogP contribution in [-0.2, 0) is 14.3 Å². The molecule has 2 aliphatic heterocycles. The lowest BCUT2D eigenvalue weighted by Gasteiger charge is -2.30. The molecule has 2 fully saturated rings. The Morgan fingerprint density at radius 2 is 2.00 bits per heavy atom. The fraction of sp³-hybridized carbons (Fsp3) is 0.833. The number of carboxylic acids is 1. The normalized spacial score (nSPS) is 31.3. The van der Waals surface area contributed by atoms with Gasteiger partial charge in [0.25, 0.3) is 0 Å². The highest BCUT2D eigenvalue weighted by Gasteiger charge is 2.50. The quantitative estimate of drug-likeness (QED) is 0.761. The molecule has 2 aliphatic rings. The number of nitrogens with zero attached hydrogens (tertiary/aromatic N) is 1. The lowest BCUT2D eigenvalue weighted by atomic mass is 10.0. The van der Waals surface area contributed by atoms with Gasteiger partial charge >= 0.3 is 12.1 Å². The van der Waals surface area contributed by atoms with Crippen molar-refractivity contribution in [3.63, 3.8) is 0 Å². The highest BCUT2D eigenvalue weighted by Crippen LogP contribution is 2.35. The van der Waals surface area contributed by atoms with Gasteiger partial charge in [-0.3, -0.25) is 4.90 Å². The molecule has 0 aromatic rings. The van der Waals surface area contributed by atoms with Crippen LogP contribution in [0.25, 0.3) is 0 Å². The average Bonchev–Trinajstić information content (AvgIpc) is 2.70. The summed E-state index contributed by atoms with van der Waals surface area (Å²) in [7, 11) is 0. The van der Waals surface area contributed by atoms with Gasteiger partial charge in [-0.15, -0.1) is 0 Å². The Morgan fingerprint density at radius 1 is 1.33 bits per heavy atom. The lowest BCUT2D eigenvalue weighted by Crippen LogP contribution is -2.48. The summed E-state index contributed by atoms with van der Waals surface area (Å²) in [5, 5.41) is 9.20. The van der Waals surface area contributed by atoms with Gasteiger partial charge in [-0.05, 0) is 27.2 Å². The molecule has 0 aliphatic carbocycles. The molecule has 0 aromatic heterocycles. The molecule has 1 amide bonds. The highest BCUT2D eigenvalue weighted by molar-refractivity contribution is 5.81. The molecule has 6 nitrogen and oxygen atoms in total. The molecule has 6 heteroatoms. The minimum absolute atomic E-state index is 0.110. The lowest BCUT2D eigenvalue weighted by molar-refractivity contribution is -0.142. The molecule has 1 unspecified atom stereocenters. The van der Waals surface area contributed by atoms with Gasteiger partial charge in [0.05, 0.1) is 19.3 Å². The number of carbonyl (C=O) groups excluding carboxylic acids is 1. The second kappa shape index (κ2) is 4.42. The molecule has 3 atom stereocenters. The molecule has 0 aromatic carbocycles. The maximum atomic E-state index is 12.1. The predicted molar refractivity (Wildman–Crippen MR) is 62.2 cm³/mol. The van der Waals surface area contributed by atoms with Crippen molar-refractivity contribution in [3.8, 4) is 0 Å². The van der Waals surface area contributed by atoms with Gasteiger partial charge in [0.15, 0.2) is 0 Å². The fourth-order valence-electron chi connectivity index (χ4n) is 2.55. The molecule has 0 bridgehead atoms. The first-order valence-corrected chi connectivity index (χ1v) is 6.11. The maximum absolute atomic E-state index is 12.1.